The molecule has 2 aromatic rings. The van der Waals surface area contributed by atoms with Gasteiger partial charge >= 0.3 is 0 Å². The maximum Gasteiger partial charge on any atom is 0.123 e. The summed E-state index contributed by atoms with van der Waals surface area (Å²) in [7, 11) is 0. The van der Waals surface area contributed by atoms with Crippen molar-refractivity contribution in [2.24, 2.45) is 0 Å². The van der Waals surface area contributed by atoms with E-state index in [-0.39, 0.29) is 5.82 Å². The van der Waals surface area contributed by atoms with Gasteiger partial charge in [-0.05, 0) is 35.4 Å². The van der Waals surface area contributed by atoms with E-state index in [1.54, 1.807) is 24.5 Å². The van der Waals surface area contributed by atoms with Crippen molar-refractivity contribution in [2.75, 3.05) is 0 Å². The fourth-order valence-electron chi connectivity index (χ4n) is 1.24. The Morgan fingerprint density at radius 2 is 1.33 bits per heavy atom. The van der Waals surface area contributed by atoms with Crippen molar-refractivity contribution in [3.63, 3.8) is 0 Å². The van der Waals surface area contributed by atoms with Crippen molar-refractivity contribution < 1.29 is 4.39 Å². The highest BCUT2D eigenvalue weighted by molar-refractivity contribution is 5.69. The van der Waals surface area contributed by atoms with Gasteiger partial charge in [-0.25, -0.2) is 4.39 Å². The van der Waals surface area contributed by atoms with Gasteiger partial charge in [0.15, 0.2) is 0 Å². The Bertz CT molecular complexity index is 446. The van der Waals surface area contributed by atoms with E-state index in [0.717, 1.165) is 11.1 Å². The molecule has 0 N–H and O–H groups in total. The highest BCUT2D eigenvalue weighted by Gasteiger charge is 1.89. The van der Waals surface area contributed by atoms with E-state index in [1.807, 2.05) is 24.3 Å². The third-order valence-corrected chi connectivity index (χ3v) is 2.04. The molecule has 0 aliphatic carbocycles. The minimum atomic E-state index is -0.212. The average Bonchev–Trinajstić information content (AvgIpc) is 2.30. The molecule has 0 spiro atoms. The molecule has 0 atom stereocenters. The highest BCUT2D eigenvalue weighted by atomic mass is 19.1. The molecule has 0 amide bonds. The van der Waals surface area contributed by atoms with Crippen molar-refractivity contribution in [2.45, 2.75) is 0 Å². The molecule has 0 unspecified atom stereocenters. The minimum Gasteiger partial charge on any atom is -0.265 e. The molecule has 0 radical (unpaired) electrons. The van der Waals surface area contributed by atoms with E-state index < -0.39 is 0 Å². The molecule has 0 aliphatic heterocycles. The Labute approximate surface area is 87.9 Å². The number of benzene rings is 1. The number of hydrogen-bond donors (Lipinski definition) is 0. The fourth-order valence-corrected chi connectivity index (χ4v) is 1.24. The zero-order valence-electron chi connectivity index (χ0n) is 8.10. The number of nitrogens with zero attached hydrogens (tertiary/aromatic N) is 1. The molecular formula is C13H10FN. The van der Waals surface area contributed by atoms with Gasteiger partial charge in [0.05, 0.1) is 0 Å². The van der Waals surface area contributed by atoms with Crippen LogP contribution in [0.25, 0.3) is 12.2 Å². The summed E-state index contributed by atoms with van der Waals surface area (Å²) in [6, 6.07) is 10.2. The van der Waals surface area contributed by atoms with Crippen molar-refractivity contribution in [3.8, 4) is 0 Å². The molecular weight excluding hydrogens is 189 g/mol. The maximum absolute atomic E-state index is 12.6. The number of pyridine rings is 1. The SMILES string of the molecule is Fc1ccc(/C=C\c2ccncc2)cc1. The Kier molecular flexibility index (Phi) is 2.88. The molecule has 0 saturated carbocycles. The Morgan fingerprint density at radius 3 is 1.93 bits per heavy atom. The van der Waals surface area contributed by atoms with Crippen molar-refractivity contribution in [3.05, 3.63) is 65.7 Å². The van der Waals surface area contributed by atoms with Crippen LogP contribution < -0.4 is 0 Å². The second-order valence-corrected chi connectivity index (χ2v) is 3.17. The first-order chi connectivity index (χ1) is 7.34. The van der Waals surface area contributed by atoms with Crippen molar-refractivity contribution >= 4 is 12.2 Å². The Morgan fingerprint density at radius 1 is 0.800 bits per heavy atom. The molecule has 1 heterocycles. The van der Waals surface area contributed by atoms with E-state index in [9.17, 15) is 4.39 Å². The molecule has 0 aliphatic rings. The van der Waals surface area contributed by atoms with Crippen LogP contribution in [0.3, 0.4) is 0 Å². The summed E-state index contributed by atoms with van der Waals surface area (Å²) in [5, 5.41) is 0. The summed E-state index contributed by atoms with van der Waals surface area (Å²) in [5.41, 5.74) is 2.06. The molecule has 1 aromatic heterocycles. The first-order valence-electron chi connectivity index (χ1n) is 4.68. The third-order valence-electron chi connectivity index (χ3n) is 2.04. The van der Waals surface area contributed by atoms with Gasteiger partial charge in [-0.1, -0.05) is 24.3 Å². The molecule has 0 bridgehead atoms. The lowest BCUT2D eigenvalue weighted by Crippen LogP contribution is -1.75. The lowest BCUT2D eigenvalue weighted by molar-refractivity contribution is 0.628. The Hall–Kier alpha value is -1.96. The number of halogens is 1. The molecule has 1 aromatic carbocycles. The molecule has 74 valence electrons. The van der Waals surface area contributed by atoms with E-state index in [1.165, 1.54) is 12.1 Å². The van der Waals surface area contributed by atoms with Crippen LogP contribution in [-0.2, 0) is 0 Å². The van der Waals surface area contributed by atoms with Crippen LogP contribution in [-0.4, -0.2) is 4.98 Å². The molecule has 1 nitrogen and oxygen atoms in total. The van der Waals surface area contributed by atoms with Crippen molar-refractivity contribution in [1.29, 1.82) is 0 Å². The molecule has 15 heavy (non-hydrogen) atoms. The topological polar surface area (TPSA) is 12.9 Å². The van der Waals surface area contributed by atoms with E-state index in [4.69, 9.17) is 0 Å². The summed E-state index contributed by atoms with van der Waals surface area (Å²) in [6.45, 7) is 0. The lowest BCUT2D eigenvalue weighted by atomic mass is 10.1. The molecule has 0 fully saturated rings. The van der Waals surface area contributed by atoms with Crippen LogP contribution in [0.2, 0.25) is 0 Å². The quantitative estimate of drug-likeness (QED) is 0.722. The first kappa shape index (κ1) is 9.59. The summed E-state index contributed by atoms with van der Waals surface area (Å²) < 4.78 is 12.6. The molecule has 2 heteroatoms. The third kappa shape index (κ3) is 2.74. The second-order valence-electron chi connectivity index (χ2n) is 3.17. The van der Waals surface area contributed by atoms with Crippen LogP contribution in [0, 0.1) is 5.82 Å². The smallest absolute Gasteiger partial charge is 0.123 e. The van der Waals surface area contributed by atoms with Gasteiger partial charge < -0.3 is 0 Å². The standard InChI is InChI=1S/C13H10FN/c14-13-5-3-11(4-6-13)1-2-12-7-9-15-10-8-12/h1-10H/b2-1-. The highest BCUT2D eigenvalue weighted by Crippen LogP contribution is 2.08. The van der Waals surface area contributed by atoms with Gasteiger partial charge in [-0.3, -0.25) is 4.98 Å². The number of hydrogen-bond acceptors (Lipinski definition) is 1. The maximum atomic E-state index is 12.6. The largest absolute Gasteiger partial charge is 0.265 e. The van der Waals surface area contributed by atoms with Gasteiger partial charge in [0, 0.05) is 12.4 Å². The summed E-state index contributed by atoms with van der Waals surface area (Å²) in [5.74, 6) is -0.212. The van der Waals surface area contributed by atoms with Crippen LogP contribution in [0.15, 0.2) is 48.8 Å². The molecule has 2 rings (SSSR count). The summed E-state index contributed by atoms with van der Waals surface area (Å²) in [6.07, 6.45) is 7.39. The predicted molar refractivity (Wildman–Crippen MR) is 59.6 cm³/mol. The van der Waals surface area contributed by atoms with Crippen LogP contribution in [0.4, 0.5) is 4.39 Å². The second kappa shape index (κ2) is 4.51. The lowest BCUT2D eigenvalue weighted by Gasteiger charge is -1.93. The van der Waals surface area contributed by atoms with Crippen molar-refractivity contribution in [1.82, 2.24) is 4.98 Å². The summed E-state index contributed by atoms with van der Waals surface area (Å²) in [4.78, 5) is 3.93. The van der Waals surface area contributed by atoms with Gasteiger partial charge in [0.2, 0.25) is 0 Å². The summed E-state index contributed by atoms with van der Waals surface area (Å²) >= 11 is 0. The fraction of sp³-hybridized carbons (Fsp3) is 0. The normalized spacial score (nSPS) is 10.7. The van der Waals surface area contributed by atoms with Gasteiger partial charge in [-0.2, -0.15) is 0 Å². The van der Waals surface area contributed by atoms with Crippen LogP contribution in [0.5, 0.6) is 0 Å². The Balaban J connectivity index is 2.15. The molecule has 0 saturated heterocycles. The number of rotatable bonds is 2. The van der Waals surface area contributed by atoms with Crippen LogP contribution in [0.1, 0.15) is 11.1 Å². The van der Waals surface area contributed by atoms with Gasteiger partial charge in [0.25, 0.3) is 0 Å². The van der Waals surface area contributed by atoms with E-state index in [2.05, 4.69) is 4.98 Å². The van der Waals surface area contributed by atoms with E-state index >= 15 is 0 Å². The van der Waals surface area contributed by atoms with Crippen LogP contribution >= 0.6 is 0 Å². The van der Waals surface area contributed by atoms with Gasteiger partial charge in [-0.15, -0.1) is 0 Å². The minimum absolute atomic E-state index is 0.212. The first-order valence-corrected chi connectivity index (χ1v) is 4.68. The monoisotopic (exact) mass is 199 g/mol. The average molecular weight is 199 g/mol. The van der Waals surface area contributed by atoms with Gasteiger partial charge in [0.1, 0.15) is 5.82 Å². The zero-order valence-corrected chi connectivity index (χ0v) is 8.10. The van der Waals surface area contributed by atoms with E-state index in [0.29, 0.717) is 0 Å². The zero-order chi connectivity index (χ0) is 10.5. The number of aromatic nitrogens is 1. The predicted octanol–water partition coefficient (Wildman–Crippen LogP) is 3.39.